The minimum absolute atomic E-state index is 0.0198. The summed E-state index contributed by atoms with van der Waals surface area (Å²) in [5, 5.41) is 10.8. The highest BCUT2D eigenvalue weighted by atomic mass is 16.6. The lowest BCUT2D eigenvalue weighted by Gasteiger charge is -2.22. The number of nitrogens with zero attached hydrogens (tertiary/aromatic N) is 3. The van der Waals surface area contributed by atoms with Gasteiger partial charge < -0.3 is 19.6 Å². The number of ether oxygens (including phenoxy) is 2. The second-order valence-corrected chi connectivity index (χ2v) is 8.26. The zero-order chi connectivity index (χ0) is 19.4. The third-order valence-electron chi connectivity index (χ3n) is 4.49. The molecular weight excluding hydrogens is 346 g/mol. The Morgan fingerprint density at radius 3 is 2.67 bits per heavy atom. The molecule has 0 bridgehead atoms. The first kappa shape index (κ1) is 19.4. The smallest absolute Gasteiger partial charge is 0.414 e. The molecule has 146 valence electrons. The molecule has 1 atom stereocenters. The van der Waals surface area contributed by atoms with Crippen LogP contribution in [-0.4, -0.2) is 27.2 Å². The van der Waals surface area contributed by atoms with Crippen LogP contribution in [0.2, 0.25) is 0 Å². The molecule has 0 unspecified atom stereocenters. The number of hydrogen-bond acceptors (Lipinski definition) is 5. The molecule has 2 aromatic rings. The van der Waals surface area contributed by atoms with Crippen molar-refractivity contribution >= 4 is 5.82 Å². The average molecular weight is 373 g/mol. The maximum absolute atomic E-state index is 10.8. The molecule has 1 aromatic carbocycles. The van der Waals surface area contributed by atoms with Gasteiger partial charge in [0.25, 0.3) is 0 Å². The van der Waals surface area contributed by atoms with Crippen LogP contribution in [0.1, 0.15) is 44.7 Å². The Labute approximate surface area is 159 Å². The van der Waals surface area contributed by atoms with Crippen molar-refractivity contribution in [2.75, 3.05) is 6.61 Å². The number of hydrogen-bond donors (Lipinski definition) is 0. The Hall–Kier alpha value is -2.41. The third-order valence-corrected chi connectivity index (χ3v) is 4.49. The molecule has 7 heteroatoms. The van der Waals surface area contributed by atoms with E-state index in [-0.39, 0.29) is 17.3 Å². The first-order valence-corrected chi connectivity index (χ1v) is 9.34. The van der Waals surface area contributed by atoms with Crippen molar-refractivity contribution in [3.05, 3.63) is 51.7 Å². The maximum atomic E-state index is 10.8. The van der Waals surface area contributed by atoms with E-state index in [9.17, 15) is 10.1 Å². The minimum atomic E-state index is -0.500. The van der Waals surface area contributed by atoms with Crippen molar-refractivity contribution in [1.82, 2.24) is 9.55 Å². The molecule has 0 fully saturated rings. The molecule has 0 spiro atoms. The second kappa shape index (κ2) is 8.08. The predicted molar refractivity (Wildman–Crippen MR) is 102 cm³/mol. The first-order chi connectivity index (χ1) is 12.8. The van der Waals surface area contributed by atoms with Gasteiger partial charge in [0.05, 0.1) is 13.2 Å². The van der Waals surface area contributed by atoms with E-state index in [1.54, 1.807) is 4.57 Å². The average Bonchev–Trinajstić information content (AvgIpc) is 3.02. The van der Waals surface area contributed by atoms with Crippen LogP contribution in [0.4, 0.5) is 5.82 Å². The van der Waals surface area contributed by atoms with Crippen molar-refractivity contribution in [2.45, 2.75) is 59.3 Å². The highest BCUT2D eigenvalue weighted by Crippen LogP contribution is 2.25. The number of aryl methyl sites for hydroxylation is 1. The summed E-state index contributed by atoms with van der Waals surface area (Å²) in [5.74, 6) is -0.170. The van der Waals surface area contributed by atoms with Crippen LogP contribution < -0.4 is 4.74 Å². The fourth-order valence-electron chi connectivity index (χ4n) is 3.19. The van der Waals surface area contributed by atoms with Gasteiger partial charge in [-0.1, -0.05) is 45.0 Å². The van der Waals surface area contributed by atoms with E-state index in [4.69, 9.17) is 9.47 Å². The number of fused-ring (bicyclic) bond motifs is 1. The van der Waals surface area contributed by atoms with Crippen LogP contribution in [0, 0.1) is 15.5 Å². The molecule has 7 nitrogen and oxygen atoms in total. The Balaban J connectivity index is 1.41. The van der Waals surface area contributed by atoms with Crippen molar-refractivity contribution in [3.63, 3.8) is 0 Å². The Kier molecular flexibility index (Phi) is 5.79. The second-order valence-electron chi connectivity index (χ2n) is 8.26. The predicted octanol–water partition coefficient (Wildman–Crippen LogP) is 4.14. The molecule has 0 saturated heterocycles. The molecule has 27 heavy (non-hydrogen) atoms. The van der Waals surface area contributed by atoms with E-state index in [0.717, 1.165) is 24.8 Å². The van der Waals surface area contributed by atoms with E-state index in [1.807, 2.05) is 0 Å². The lowest BCUT2D eigenvalue weighted by Crippen LogP contribution is -2.27. The first-order valence-electron chi connectivity index (χ1n) is 9.34. The van der Waals surface area contributed by atoms with E-state index >= 15 is 0 Å². The summed E-state index contributed by atoms with van der Waals surface area (Å²) in [4.78, 5) is 14.2. The van der Waals surface area contributed by atoms with Gasteiger partial charge in [0.15, 0.2) is 0 Å². The van der Waals surface area contributed by atoms with Gasteiger partial charge in [0, 0.05) is 24.4 Å². The van der Waals surface area contributed by atoms with Crippen molar-refractivity contribution < 1.29 is 14.4 Å². The third kappa shape index (κ3) is 5.53. The molecule has 0 N–H and O–H groups in total. The summed E-state index contributed by atoms with van der Waals surface area (Å²) >= 11 is 0. The highest BCUT2D eigenvalue weighted by Gasteiger charge is 2.27. The summed E-state index contributed by atoms with van der Waals surface area (Å²) in [6, 6.07) is 8.90. The largest absolute Gasteiger partial charge is 0.442 e. The van der Waals surface area contributed by atoms with Gasteiger partial charge in [0.1, 0.15) is 12.3 Å². The molecule has 1 aliphatic heterocycles. The number of benzene rings is 1. The quantitative estimate of drug-likeness (QED) is 0.414. The van der Waals surface area contributed by atoms with E-state index in [0.29, 0.717) is 25.8 Å². The van der Waals surface area contributed by atoms with Crippen LogP contribution in [0.15, 0.2) is 30.5 Å². The van der Waals surface area contributed by atoms with Gasteiger partial charge in [-0.3, -0.25) is 4.57 Å². The van der Waals surface area contributed by atoms with Crippen LogP contribution in [-0.2, 0) is 24.3 Å². The minimum Gasteiger partial charge on any atom is -0.442 e. The zero-order valence-electron chi connectivity index (χ0n) is 16.2. The fraction of sp³-hybridized carbons (Fsp3) is 0.550. The Morgan fingerprint density at radius 1 is 1.30 bits per heavy atom. The zero-order valence-corrected chi connectivity index (χ0v) is 16.2. The fourth-order valence-corrected chi connectivity index (χ4v) is 3.19. The SMILES string of the molecule is CC(C)(C)Cc1ccc(COCC[C@@H]2CCn3cc([N+](=O)[O-])nc3O2)cc1. The van der Waals surface area contributed by atoms with Crippen molar-refractivity contribution in [1.29, 1.82) is 0 Å². The Bertz CT molecular complexity index is 778. The number of aromatic nitrogens is 2. The number of nitro groups is 1. The molecule has 1 aromatic heterocycles. The highest BCUT2D eigenvalue weighted by molar-refractivity contribution is 5.23. The van der Waals surface area contributed by atoms with Crippen molar-refractivity contribution in [2.24, 2.45) is 5.41 Å². The van der Waals surface area contributed by atoms with Gasteiger partial charge in [-0.2, -0.15) is 0 Å². The van der Waals surface area contributed by atoms with Gasteiger partial charge in [-0.25, -0.2) is 0 Å². The summed E-state index contributed by atoms with van der Waals surface area (Å²) in [5.41, 5.74) is 2.78. The number of imidazole rings is 1. The summed E-state index contributed by atoms with van der Waals surface area (Å²) < 4.78 is 13.2. The normalized spacial score (nSPS) is 16.6. The van der Waals surface area contributed by atoms with Crippen LogP contribution in [0.3, 0.4) is 0 Å². The van der Waals surface area contributed by atoms with Gasteiger partial charge >= 0.3 is 11.8 Å². The van der Waals surface area contributed by atoms with Crippen LogP contribution in [0.5, 0.6) is 6.01 Å². The van der Waals surface area contributed by atoms with Gasteiger partial charge in [-0.05, 0) is 27.9 Å². The molecule has 0 radical (unpaired) electrons. The molecule has 0 amide bonds. The van der Waals surface area contributed by atoms with Crippen LogP contribution >= 0.6 is 0 Å². The topological polar surface area (TPSA) is 79.4 Å². The van der Waals surface area contributed by atoms with Gasteiger partial charge in [0.2, 0.25) is 0 Å². The van der Waals surface area contributed by atoms with Crippen LogP contribution in [0.25, 0.3) is 0 Å². The van der Waals surface area contributed by atoms with Crippen molar-refractivity contribution in [3.8, 4) is 6.01 Å². The molecular formula is C20H27N3O4. The van der Waals surface area contributed by atoms with E-state index in [2.05, 4.69) is 50.0 Å². The van der Waals surface area contributed by atoms with Gasteiger partial charge in [-0.15, -0.1) is 0 Å². The Morgan fingerprint density at radius 2 is 2.00 bits per heavy atom. The van der Waals surface area contributed by atoms with E-state index in [1.165, 1.54) is 11.8 Å². The lowest BCUT2D eigenvalue weighted by molar-refractivity contribution is -0.389. The monoisotopic (exact) mass is 373 g/mol. The molecule has 0 saturated carbocycles. The molecule has 3 rings (SSSR count). The summed E-state index contributed by atoms with van der Waals surface area (Å²) in [6.07, 6.45) is 3.99. The summed E-state index contributed by atoms with van der Waals surface area (Å²) in [6.45, 7) is 8.54. The summed E-state index contributed by atoms with van der Waals surface area (Å²) in [7, 11) is 0. The molecule has 0 aliphatic carbocycles. The molecule has 2 heterocycles. The lowest BCUT2D eigenvalue weighted by atomic mass is 9.88. The standard InChI is InChI=1S/C20H27N3O4/c1-20(2,3)12-15-4-6-16(7-5-15)14-26-11-9-17-8-10-22-13-18(23(24)25)21-19(22)27-17/h4-7,13,17H,8-12,14H2,1-3H3/t17-/m0/s1. The maximum Gasteiger partial charge on any atom is 0.414 e. The van der Waals surface area contributed by atoms with E-state index < -0.39 is 4.92 Å². The molecule has 1 aliphatic rings. The number of rotatable bonds is 7.